The fraction of sp³-hybridized carbons (Fsp3) is 0.286. The van der Waals surface area contributed by atoms with Gasteiger partial charge in [0.15, 0.2) is 10.1 Å². The van der Waals surface area contributed by atoms with E-state index < -0.39 is 0 Å². The molecule has 1 N–H and O–H groups in total. The van der Waals surface area contributed by atoms with Crippen LogP contribution in [0.5, 0.6) is 0 Å². The molecule has 4 nitrogen and oxygen atoms in total. The van der Waals surface area contributed by atoms with Crippen LogP contribution in [0.25, 0.3) is 0 Å². The van der Waals surface area contributed by atoms with Gasteiger partial charge >= 0.3 is 0 Å². The molecule has 0 aliphatic heterocycles. The van der Waals surface area contributed by atoms with E-state index in [4.69, 9.17) is 0 Å². The van der Waals surface area contributed by atoms with Crippen molar-refractivity contribution in [3.63, 3.8) is 0 Å². The van der Waals surface area contributed by atoms with E-state index in [-0.39, 0.29) is 11.0 Å². The van der Waals surface area contributed by atoms with E-state index >= 15 is 0 Å². The molecule has 3 aromatic rings. The molecule has 6 heteroatoms. The minimum absolute atomic E-state index is 0.151. The molecule has 0 spiro atoms. The Hall–Kier alpha value is -2.18. The number of hydrogen-bond donors (Lipinski definition) is 1. The largest absolute Gasteiger partial charge is 0.330 e. The number of aromatic nitrogens is 2. The number of benzene rings is 2. The number of nitrogens with zero attached hydrogens (tertiary/aromatic N) is 2. The smallest absolute Gasteiger partial charge is 0.210 e. The number of fused-ring (bicyclic) bond motifs is 1. The number of rotatable bonds is 6. The summed E-state index contributed by atoms with van der Waals surface area (Å²) in [6.07, 6.45) is 3.41. The van der Waals surface area contributed by atoms with Crippen LogP contribution in [0.3, 0.4) is 0 Å². The van der Waals surface area contributed by atoms with Crippen LogP contribution in [0.15, 0.2) is 46.8 Å². The molecule has 1 atom stereocenters. The fourth-order valence-electron chi connectivity index (χ4n) is 3.23. The zero-order valence-corrected chi connectivity index (χ0v) is 17.0. The summed E-state index contributed by atoms with van der Waals surface area (Å²) in [5.41, 5.74) is 5.73. The number of thioether (sulfide) groups is 1. The van der Waals surface area contributed by atoms with Crippen molar-refractivity contribution in [1.29, 1.82) is 0 Å². The van der Waals surface area contributed by atoms with E-state index in [9.17, 15) is 4.79 Å². The van der Waals surface area contributed by atoms with Crippen LogP contribution >= 0.6 is 23.1 Å². The van der Waals surface area contributed by atoms with Crippen molar-refractivity contribution >= 4 is 39.7 Å². The molecule has 2 aromatic carbocycles. The van der Waals surface area contributed by atoms with E-state index in [1.165, 1.54) is 46.2 Å². The summed E-state index contributed by atoms with van der Waals surface area (Å²) in [5.74, 6) is 0.151. The number of hydrogen-bond acceptors (Lipinski definition) is 6. The molecule has 27 heavy (non-hydrogen) atoms. The Kier molecular flexibility index (Phi) is 5.27. The summed E-state index contributed by atoms with van der Waals surface area (Å²) in [6.45, 7) is 4.00. The number of nitrogens with one attached hydrogen (secondary N) is 1. The van der Waals surface area contributed by atoms with Crippen LogP contribution in [0.2, 0.25) is 0 Å². The summed E-state index contributed by atoms with van der Waals surface area (Å²) in [4.78, 5) is 12.8. The Balaban J connectivity index is 1.40. The second-order valence-electron chi connectivity index (χ2n) is 6.83. The zero-order chi connectivity index (χ0) is 18.8. The molecule has 0 amide bonds. The topological polar surface area (TPSA) is 54.9 Å². The van der Waals surface area contributed by atoms with Crippen LogP contribution in [0, 0.1) is 6.92 Å². The first-order chi connectivity index (χ1) is 13.1. The number of carbonyl (C=O) groups is 1. The predicted molar refractivity (Wildman–Crippen MR) is 112 cm³/mol. The molecule has 0 unspecified atom stereocenters. The maximum atomic E-state index is 12.8. The maximum absolute atomic E-state index is 12.8. The second kappa shape index (κ2) is 7.82. The molecule has 138 valence electrons. The van der Waals surface area contributed by atoms with Gasteiger partial charge in [-0.05, 0) is 62.4 Å². The van der Waals surface area contributed by atoms with E-state index in [0.29, 0.717) is 0 Å². The average Bonchev–Trinajstić information content (AvgIpc) is 3.31. The molecule has 1 aromatic heterocycles. The van der Waals surface area contributed by atoms with Gasteiger partial charge in [0.25, 0.3) is 0 Å². The number of aryl methyl sites for hydroxylation is 3. The van der Waals surface area contributed by atoms with Crippen LogP contribution < -0.4 is 5.32 Å². The van der Waals surface area contributed by atoms with E-state index in [1.807, 2.05) is 25.1 Å². The second-order valence-corrected chi connectivity index (χ2v) is 9.39. The Labute approximate surface area is 167 Å². The molecular formula is C21H21N3OS2. The van der Waals surface area contributed by atoms with Crippen molar-refractivity contribution < 1.29 is 4.79 Å². The number of Topliss-reactive ketones (excluding diaryl/α,β-unsaturated/α-hetero) is 1. The molecular weight excluding hydrogens is 374 g/mol. The number of ketones is 1. The SMILES string of the molecule is Cc1ccc(Nc2nnc(S[C@H](C)C(=O)c3ccc4c(c3)CCC4)s2)cc1. The van der Waals surface area contributed by atoms with Crippen molar-refractivity contribution in [1.82, 2.24) is 10.2 Å². The predicted octanol–water partition coefficient (Wildman–Crippen LogP) is 5.44. The third-order valence-corrected chi connectivity index (χ3v) is 6.76. The normalized spacial score (nSPS) is 14.0. The molecule has 0 bridgehead atoms. The molecule has 1 aliphatic rings. The van der Waals surface area contributed by atoms with E-state index in [0.717, 1.165) is 33.6 Å². The monoisotopic (exact) mass is 395 g/mol. The van der Waals surface area contributed by atoms with Crippen molar-refractivity contribution in [3.05, 3.63) is 64.7 Å². The van der Waals surface area contributed by atoms with Crippen molar-refractivity contribution in [2.24, 2.45) is 0 Å². The van der Waals surface area contributed by atoms with Crippen LogP contribution in [-0.4, -0.2) is 21.2 Å². The summed E-state index contributed by atoms with van der Waals surface area (Å²) >= 11 is 2.94. The third-order valence-electron chi connectivity index (χ3n) is 4.74. The average molecular weight is 396 g/mol. The Morgan fingerprint density at radius 1 is 1.11 bits per heavy atom. The first-order valence-corrected chi connectivity index (χ1v) is 10.8. The van der Waals surface area contributed by atoms with Crippen molar-refractivity contribution in [3.8, 4) is 0 Å². The minimum atomic E-state index is -0.190. The Morgan fingerprint density at radius 2 is 1.89 bits per heavy atom. The molecule has 1 heterocycles. The van der Waals surface area contributed by atoms with Gasteiger partial charge in [-0.25, -0.2) is 0 Å². The lowest BCUT2D eigenvalue weighted by Crippen LogP contribution is -2.13. The lowest BCUT2D eigenvalue weighted by molar-refractivity contribution is 0.0994. The molecule has 0 saturated carbocycles. The fourth-order valence-corrected chi connectivity index (χ4v) is 5.23. The van der Waals surface area contributed by atoms with Gasteiger partial charge in [0, 0.05) is 11.3 Å². The van der Waals surface area contributed by atoms with Gasteiger partial charge in [0.2, 0.25) is 5.13 Å². The number of anilines is 2. The zero-order valence-electron chi connectivity index (χ0n) is 15.4. The highest BCUT2D eigenvalue weighted by Crippen LogP contribution is 2.32. The highest BCUT2D eigenvalue weighted by molar-refractivity contribution is 8.02. The van der Waals surface area contributed by atoms with Gasteiger partial charge in [0.1, 0.15) is 0 Å². The molecule has 0 fully saturated rings. The lowest BCUT2D eigenvalue weighted by atomic mass is 10.0. The molecule has 4 rings (SSSR count). The summed E-state index contributed by atoms with van der Waals surface area (Å²) in [7, 11) is 0. The van der Waals surface area contributed by atoms with Crippen molar-refractivity contribution in [2.75, 3.05) is 5.32 Å². The van der Waals surface area contributed by atoms with Gasteiger partial charge in [-0.15, -0.1) is 10.2 Å². The first kappa shape index (κ1) is 18.2. The number of carbonyl (C=O) groups excluding carboxylic acids is 1. The third kappa shape index (κ3) is 4.22. The highest BCUT2D eigenvalue weighted by Gasteiger charge is 2.21. The maximum Gasteiger partial charge on any atom is 0.210 e. The molecule has 1 aliphatic carbocycles. The Morgan fingerprint density at radius 3 is 2.70 bits per heavy atom. The van der Waals surface area contributed by atoms with Gasteiger partial charge in [0.05, 0.1) is 5.25 Å². The van der Waals surface area contributed by atoms with E-state index in [2.05, 4.69) is 46.7 Å². The molecule has 0 radical (unpaired) electrons. The van der Waals surface area contributed by atoms with E-state index in [1.54, 1.807) is 0 Å². The van der Waals surface area contributed by atoms with Crippen LogP contribution in [0.1, 0.15) is 40.4 Å². The van der Waals surface area contributed by atoms with Gasteiger partial charge in [-0.1, -0.05) is 52.9 Å². The summed E-state index contributed by atoms with van der Waals surface area (Å²) < 4.78 is 0.798. The lowest BCUT2D eigenvalue weighted by Gasteiger charge is -2.09. The molecule has 0 saturated heterocycles. The van der Waals surface area contributed by atoms with Crippen molar-refractivity contribution in [2.45, 2.75) is 42.7 Å². The first-order valence-electron chi connectivity index (χ1n) is 9.08. The summed E-state index contributed by atoms with van der Waals surface area (Å²) in [6, 6.07) is 14.3. The minimum Gasteiger partial charge on any atom is -0.330 e. The van der Waals surface area contributed by atoms with Crippen LogP contribution in [0.4, 0.5) is 10.8 Å². The standard InChI is InChI=1S/C21H21N3OS2/c1-13-6-10-18(11-7-13)22-20-23-24-21(27-20)26-14(2)19(25)17-9-8-15-4-3-5-16(15)12-17/h6-12,14H,3-5H2,1-2H3,(H,22,23)/t14-/m1/s1. The Bertz CT molecular complexity index is 966. The highest BCUT2D eigenvalue weighted by atomic mass is 32.2. The van der Waals surface area contributed by atoms with Gasteiger partial charge < -0.3 is 5.32 Å². The summed E-state index contributed by atoms with van der Waals surface area (Å²) in [5, 5.41) is 12.2. The van der Waals surface area contributed by atoms with Crippen LogP contribution in [-0.2, 0) is 12.8 Å². The van der Waals surface area contributed by atoms with Gasteiger partial charge in [-0.2, -0.15) is 0 Å². The quantitative estimate of drug-likeness (QED) is 0.445. The van der Waals surface area contributed by atoms with Gasteiger partial charge in [-0.3, -0.25) is 4.79 Å².